The molecule has 0 spiro atoms. The normalized spacial score (nSPS) is 20.0. The van der Waals surface area contributed by atoms with Gasteiger partial charge in [-0.2, -0.15) is 0 Å². The van der Waals surface area contributed by atoms with E-state index in [1.165, 1.54) is 0 Å². The molecule has 1 saturated carbocycles. The molecule has 7 heteroatoms. The van der Waals surface area contributed by atoms with E-state index >= 15 is 0 Å². The molecule has 0 radical (unpaired) electrons. The van der Waals surface area contributed by atoms with Crippen LogP contribution in [0.1, 0.15) is 25.7 Å². The van der Waals surface area contributed by atoms with Gasteiger partial charge in [0.25, 0.3) is 0 Å². The van der Waals surface area contributed by atoms with Crippen LogP contribution in [-0.2, 0) is 0 Å². The van der Waals surface area contributed by atoms with E-state index in [1.54, 1.807) is 12.4 Å². The van der Waals surface area contributed by atoms with Crippen LogP contribution in [0.25, 0.3) is 11.1 Å². The summed E-state index contributed by atoms with van der Waals surface area (Å²) in [5.41, 5.74) is 7.89. The van der Waals surface area contributed by atoms with Crippen molar-refractivity contribution < 1.29 is 9.90 Å². The van der Waals surface area contributed by atoms with Gasteiger partial charge in [0, 0.05) is 36.1 Å². The van der Waals surface area contributed by atoms with Crippen molar-refractivity contribution in [3.8, 4) is 11.1 Å². The van der Waals surface area contributed by atoms with Crippen LogP contribution < -0.4 is 16.4 Å². The molecule has 0 unspecified atom stereocenters. The number of nitrogens with zero attached hydrogens (tertiary/aromatic N) is 2. The van der Waals surface area contributed by atoms with Gasteiger partial charge in [-0.1, -0.05) is 25.0 Å². The molecular weight excluding hydrogens is 318 g/mol. The zero-order valence-electron chi connectivity index (χ0n) is 14.0. The molecular formula is C18H23N5O2. The molecule has 2 atom stereocenters. The lowest BCUT2D eigenvalue weighted by Gasteiger charge is -2.27. The third-order valence-electron chi connectivity index (χ3n) is 4.52. The fraction of sp³-hybridized carbons (Fsp3) is 0.389. The van der Waals surface area contributed by atoms with Crippen molar-refractivity contribution >= 4 is 17.7 Å². The first-order chi connectivity index (χ1) is 12.1. The largest absolute Gasteiger partial charge is 0.393 e. The fourth-order valence-corrected chi connectivity index (χ4v) is 3.09. The predicted molar refractivity (Wildman–Crippen MR) is 96.9 cm³/mol. The summed E-state index contributed by atoms with van der Waals surface area (Å²) in [4.78, 5) is 20.1. The highest BCUT2D eigenvalue weighted by Gasteiger charge is 2.23. The third-order valence-corrected chi connectivity index (χ3v) is 4.52. The van der Waals surface area contributed by atoms with E-state index in [1.807, 2.05) is 24.3 Å². The average Bonchev–Trinajstić information content (AvgIpc) is 2.62. The van der Waals surface area contributed by atoms with Gasteiger partial charge in [0.2, 0.25) is 5.95 Å². The van der Waals surface area contributed by atoms with Crippen molar-refractivity contribution in [3.63, 3.8) is 0 Å². The second-order valence-corrected chi connectivity index (χ2v) is 6.36. The summed E-state index contributed by atoms with van der Waals surface area (Å²) in [7, 11) is 0. The Morgan fingerprint density at radius 3 is 2.72 bits per heavy atom. The topological polar surface area (TPSA) is 113 Å². The molecule has 0 bridgehead atoms. The van der Waals surface area contributed by atoms with E-state index in [-0.39, 0.29) is 24.0 Å². The van der Waals surface area contributed by atoms with Crippen molar-refractivity contribution in [1.29, 1.82) is 0 Å². The quantitative estimate of drug-likeness (QED) is 0.682. The van der Waals surface area contributed by atoms with Crippen LogP contribution in [0.15, 0.2) is 36.7 Å². The van der Waals surface area contributed by atoms with Crippen molar-refractivity contribution in [2.24, 2.45) is 5.92 Å². The molecule has 1 aromatic heterocycles. The highest BCUT2D eigenvalue weighted by molar-refractivity contribution is 5.90. The number of hydrogen-bond acceptors (Lipinski definition) is 5. The first kappa shape index (κ1) is 17.2. The van der Waals surface area contributed by atoms with Crippen molar-refractivity contribution in [3.05, 3.63) is 36.7 Å². The zero-order valence-corrected chi connectivity index (χ0v) is 14.0. The van der Waals surface area contributed by atoms with Gasteiger partial charge in [0.05, 0.1) is 6.10 Å². The Balaban J connectivity index is 1.58. The monoisotopic (exact) mass is 341 g/mol. The van der Waals surface area contributed by atoms with E-state index in [2.05, 4.69) is 20.6 Å². The number of nitrogens with one attached hydrogen (secondary N) is 2. The Bertz CT molecular complexity index is 720. The molecule has 5 N–H and O–H groups in total. The number of carbonyl (C=O) groups is 1. The zero-order chi connectivity index (χ0) is 17.6. The predicted octanol–water partition coefficient (Wildman–Crippen LogP) is 2.40. The van der Waals surface area contributed by atoms with Gasteiger partial charge in [-0.25, -0.2) is 14.8 Å². The number of nitrogens with two attached hydrogens (primary N) is 1. The number of amides is 2. The van der Waals surface area contributed by atoms with E-state index < -0.39 is 0 Å². The fourth-order valence-electron chi connectivity index (χ4n) is 3.09. The molecule has 1 aliphatic rings. The first-order valence-corrected chi connectivity index (χ1v) is 8.52. The second kappa shape index (κ2) is 7.94. The van der Waals surface area contributed by atoms with E-state index in [9.17, 15) is 9.90 Å². The molecule has 0 saturated heterocycles. The number of aromatic nitrogens is 2. The molecule has 3 rings (SSSR count). The summed E-state index contributed by atoms with van der Waals surface area (Å²) in [5, 5.41) is 15.6. The molecule has 1 aromatic carbocycles. The molecule has 1 fully saturated rings. The van der Waals surface area contributed by atoms with Gasteiger partial charge in [-0.3, -0.25) is 0 Å². The van der Waals surface area contributed by atoms with Crippen LogP contribution in [0.5, 0.6) is 0 Å². The average molecular weight is 341 g/mol. The number of carbonyl (C=O) groups excluding carboxylic acids is 1. The standard InChI is InChI=1S/C18H23N5O2/c19-17-20-10-14(11-21-17)12-5-3-6-15(8-12)23-18(25)22-9-13-4-1-2-7-16(13)24/h3,5-6,8,10-11,13,16,24H,1-2,4,7,9H2,(H2,19,20,21)(H2,22,23,25)/t13-,16+/m0/s1. The first-order valence-electron chi connectivity index (χ1n) is 8.52. The smallest absolute Gasteiger partial charge is 0.319 e. The number of anilines is 2. The third kappa shape index (κ3) is 4.67. The lowest BCUT2D eigenvalue weighted by atomic mass is 9.86. The summed E-state index contributed by atoms with van der Waals surface area (Å²) in [5.74, 6) is 0.361. The van der Waals surface area contributed by atoms with Crippen LogP contribution in [0.3, 0.4) is 0 Å². The lowest BCUT2D eigenvalue weighted by molar-refractivity contribution is 0.0712. The highest BCUT2D eigenvalue weighted by atomic mass is 16.3. The van der Waals surface area contributed by atoms with E-state index in [4.69, 9.17) is 5.73 Å². The molecule has 7 nitrogen and oxygen atoms in total. The maximum atomic E-state index is 12.1. The Kier molecular flexibility index (Phi) is 5.45. The Morgan fingerprint density at radius 1 is 1.20 bits per heavy atom. The molecule has 1 aliphatic carbocycles. The van der Waals surface area contributed by atoms with Gasteiger partial charge >= 0.3 is 6.03 Å². The van der Waals surface area contributed by atoms with Crippen molar-refractivity contribution in [2.45, 2.75) is 31.8 Å². The molecule has 2 aromatic rings. The number of hydrogen-bond donors (Lipinski definition) is 4. The minimum absolute atomic E-state index is 0.137. The van der Waals surface area contributed by atoms with Crippen molar-refractivity contribution in [1.82, 2.24) is 15.3 Å². The van der Waals surface area contributed by atoms with E-state index in [0.29, 0.717) is 12.2 Å². The van der Waals surface area contributed by atoms with Crippen LogP contribution in [-0.4, -0.2) is 33.8 Å². The lowest BCUT2D eigenvalue weighted by Crippen LogP contribution is -2.38. The number of rotatable bonds is 4. The molecule has 1 heterocycles. The van der Waals surface area contributed by atoms with Crippen LogP contribution in [0, 0.1) is 5.92 Å². The number of aliphatic hydroxyl groups is 1. The Hall–Kier alpha value is -2.67. The van der Waals surface area contributed by atoms with Gasteiger partial charge < -0.3 is 21.5 Å². The van der Waals surface area contributed by atoms with Gasteiger partial charge in [0.1, 0.15) is 0 Å². The summed E-state index contributed by atoms with van der Waals surface area (Å²) < 4.78 is 0. The molecule has 2 amide bonds. The van der Waals surface area contributed by atoms with Crippen LogP contribution in [0.2, 0.25) is 0 Å². The summed E-state index contributed by atoms with van der Waals surface area (Å²) in [6, 6.07) is 7.16. The summed E-state index contributed by atoms with van der Waals surface area (Å²) >= 11 is 0. The van der Waals surface area contributed by atoms with E-state index in [0.717, 1.165) is 36.8 Å². The highest BCUT2D eigenvalue weighted by Crippen LogP contribution is 2.24. The summed E-state index contributed by atoms with van der Waals surface area (Å²) in [6.45, 7) is 0.485. The number of nitrogen functional groups attached to an aromatic ring is 1. The number of aliphatic hydroxyl groups excluding tert-OH is 1. The van der Waals surface area contributed by atoms with Gasteiger partial charge in [0.15, 0.2) is 0 Å². The van der Waals surface area contributed by atoms with Gasteiger partial charge in [-0.05, 0) is 30.5 Å². The Morgan fingerprint density at radius 2 is 1.96 bits per heavy atom. The van der Waals surface area contributed by atoms with Crippen LogP contribution in [0.4, 0.5) is 16.4 Å². The maximum Gasteiger partial charge on any atom is 0.319 e. The van der Waals surface area contributed by atoms with Crippen LogP contribution >= 0.6 is 0 Å². The Labute approximate surface area is 146 Å². The number of urea groups is 1. The molecule has 132 valence electrons. The summed E-state index contributed by atoms with van der Waals surface area (Å²) in [6.07, 6.45) is 6.91. The second-order valence-electron chi connectivity index (χ2n) is 6.36. The molecule has 0 aliphatic heterocycles. The maximum absolute atomic E-state index is 12.1. The molecule has 25 heavy (non-hydrogen) atoms. The SMILES string of the molecule is Nc1ncc(-c2cccc(NC(=O)NC[C@@H]3CCCC[C@H]3O)c2)cn1. The van der Waals surface area contributed by atoms with Gasteiger partial charge in [-0.15, -0.1) is 0 Å². The number of benzene rings is 1. The van der Waals surface area contributed by atoms with Crippen molar-refractivity contribution in [2.75, 3.05) is 17.6 Å². The minimum atomic E-state index is -0.317. The minimum Gasteiger partial charge on any atom is -0.393 e.